The van der Waals surface area contributed by atoms with Gasteiger partial charge in [-0.05, 0) is 96.3 Å². The Kier molecular flexibility index (Phi) is 55.9. The Morgan fingerprint density at radius 2 is 0.693 bits per heavy atom. The molecule has 3 saturated heterocycles. The number of carbonyl (C=O) groups is 1. The number of unbranched alkanes of at least 4 members (excludes halogenated alkanes) is 29. The molecule has 1 amide bonds. The zero-order valence-electron chi connectivity index (χ0n) is 62.1. The molecule has 0 aromatic rings. The number of hydrogen-bond acceptors (Lipinski definition) is 18. The van der Waals surface area contributed by atoms with Crippen molar-refractivity contribution in [3.8, 4) is 0 Å². The number of aliphatic hydroxyl groups excluding tert-OH is 11. The molecule has 582 valence electrons. The van der Waals surface area contributed by atoms with Crippen molar-refractivity contribution in [3.05, 3.63) is 109 Å². The van der Waals surface area contributed by atoms with Gasteiger partial charge in [0.05, 0.1) is 38.6 Å². The second kappa shape index (κ2) is 61.6. The number of aliphatic hydroxyl groups is 11. The van der Waals surface area contributed by atoms with Crippen molar-refractivity contribution < 1.29 is 89.4 Å². The minimum Gasteiger partial charge on any atom is -0.394 e. The summed E-state index contributed by atoms with van der Waals surface area (Å²) in [6.45, 7) is 1.60. The van der Waals surface area contributed by atoms with E-state index in [0.29, 0.717) is 12.8 Å². The normalized spacial score (nSPS) is 26.9. The molecule has 0 saturated carbocycles. The van der Waals surface area contributed by atoms with Crippen LogP contribution in [0.2, 0.25) is 0 Å². The van der Waals surface area contributed by atoms with Gasteiger partial charge in [-0.25, -0.2) is 0 Å². The van der Waals surface area contributed by atoms with E-state index >= 15 is 0 Å². The minimum atomic E-state index is -1.99. The van der Waals surface area contributed by atoms with Crippen molar-refractivity contribution in [1.29, 1.82) is 0 Å². The number of carbonyl (C=O) groups excluding carboxylic acids is 1. The van der Waals surface area contributed by atoms with Crippen molar-refractivity contribution in [1.82, 2.24) is 5.32 Å². The van der Waals surface area contributed by atoms with Gasteiger partial charge in [0.15, 0.2) is 18.9 Å². The van der Waals surface area contributed by atoms with Crippen LogP contribution in [0.5, 0.6) is 0 Å². The van der Waals surface area contributed by atoms with Crippen LogP contribution in [0.4, 0.5) is 0 Å². The fraction of sp³-hybridized carbons (Fsp3) is 0.768. The van der Waals surface area contributed by atoms with Gasteiger partial charge in [0.25, 0.3) is 0 Å². The van der Waals surface area contributed by atoms with E-state index in [-0.39, 0.29) is 18.9 Å². The summed E-state index contributed by atoms with van der Waals surface area (Å²) in [5.41, 5.74) is 0. The average Bonchev–Trinajstić information content (AvgIpc) is 0.782. The lowest BCUT2D eigenvalue weighted by Crippen LogP contribution is -2.66. The Bertz CT molecular complexity index is 2250. The van der Waals surface area contributed by atoms with Crippen LogP contribution in [0.25, 0.3) is 0 Å². The third-order valence-electron chi connectivity index (χ3n) is 19.0. The average molecular weight is 1430 g/mol. The molecule has 3 fully saturated rings. The molecule has 3 aliphatic rings. The molecule has 0 aliphatic carbocycles. The second-order valence-electron chi connectivity index (χ2n) is 27.8. The Morgan fingerprint density at radius 1 is 0.366 bits per heavy atom. The largest absolute Gasteiger partial charge is 0.394 e. The summed E-state index contributed by atoms with van der Waals surface area (Å²) >= 11 is 0. The smallest absolute Gasteiger partial charge is 0.220 e. The first-order valence-electron chi connectivity index (χ1n) is 39.6. The summed E-state index contributed by atoms with van der Waals surface area (Å²) in [6.07, 6.45) is 57.9. The van der Waals surface area contributed by atoms with Gasteiger partial charge in [-0.15, -0.1) is 0 Å². The molecule has 17 atom stereocenters. The molecule has 0 spiro atoms. The highest BCUT2D eigenvalue weighted by atomic mass is 16.8. The van der Waals surface area contributed by atoms with E-state index in [1.807, 2.05) is 6.08 Å². The van der Waals surface area contributed by atoms with E-state index in [1.54, 1.807) is 6.08 Å². The maximum atomic E-state index is 13.5. The topological polar surface area (TPSA) is 307 Å². The van der Waals surface area contributed by atoms with Crippen LogP contribution in [0.1, 0.15) is 271 Å². The molecule has 3 rings (SSSR count). The predicted molar refractivity (Wildman–Crippen MR) is 401 cm³/mol. The van der Waals surface area contributed by atoms with Crippen molar-refractivity contribution in [3.63, 3.8) is 0 Å². The molecule has 12 N–H and O–H groups in total. The van der Waals surface area contributed by atoms with E-state index in [0.717, 1.165) is 103 Å². The first-order chi connectivity index (χ1) is 49.3. The fourth-order valence-electron chi connectivity index (χ4n) is 12.7. The van der Waals surface area contributed by atoms with Gasteiger partial charge in [0, 0.05) is 6.42 Å². The Labute approximate surface area is 608 Å². The van der Waals surface area contributed by atoms with Gasteiger partial charge in [0.2, 0.25) is 5.91 Å². The number of hydrogen-bond donors (Lipinski definition) is 12. The SMILES string of the molecule is CC/C=C\C/C=C\C/C=C\C/C=C\C/C=C\C/C=C\CCCCCCCCC(=O)NC(COC1OC(CO)C(OC2OC(CO)C(OC3OC(CO)C(O)C(O)C3O)C(O)C2O)C(O)C1O)C(O)/C=C/CC/C=C/CC/C=C/CCCCCCCCCCCCCCCCCCCCCCC. The quantitative estimate of drug-likeness (QED) is 0.0199. The minimum absolute atomic E-state index is 0.208. The number of ether oxygens (including phenoxy) is 6. The number of nitrogens with one attached hydrogen (secondary N) is 1. The lowest BCUT2D eigenvalue weighted by atomic mass is 9.96. The van der Waals surface area contributed by atoms with Crippen LogP contribution in [0.15, 0.2) is 109 Å². The standard InChI is InChI=1S/C82H141NO18/c1-3-5-7-9-11-13-15-17-19-21-23-25-27-29-30-31-32-33-34-36-37-39-41-43-45-47-49-51-53-55-57-59-66(87)65(83-70(88)60-58-56-54-52-50-48-46-44-42-40-38-35-28-26-24-22-20-18-16-14-12-10-8-6-4-2)64-96-80-76(94)73(91)78(68(62-85)98-80)101-82-77(95)74(92)79(69(63-86)99-82)100-81-75(93)72(90)71(89)67(61-84)97-81/h6,8,12,14,18,20,24,26,35,38,41-44,49,51,57,59,65-69,71-82,84-87,89-95H,3-5,7,9-11,13,15-17,19,21-23,25,27-34,36-37,39-40,45-48,50,52-56,58,60-64H2,1-2H3,(H,83,88)/b8-6-,14-12-,20-18-,26-24-,38-35-,43-41+,44-42-,51-49+,59-57+. The molecule has 19 nitrogen and oxygen atoms in total. The second-order valence-corrected chi connectivity index (χ2v) is 27.8. The van der Waals surface area contributed by atoms with Crippen LogP contribution in [0.3, 0.4) is 0 Å². The Morgan fingerprint density at radius 3 is 1.11 bits per heavy atom. The fourth-order valence-corrected chi connectivity index (χ4v) is 12.7. The Hall–Kier alpha value is -3.55. The molecule has 0 aromatic heterocycles. The van der Waals surface area contributed by atoms with Gasteiger partial charge in [-0.2, -0.15) is 0 Å². The highest BCUT2D eigenvalue weighted by Crippen LogP contribution is 2.33. The highest BCUT2D eigenvalue weighted by molar-refractivity contribution is 5.76. The van der Waals surface area contributed by atoms with Crippen LogP contribution in [-0.2, 0) is 33.2 Å². The first-order valence-corrected chi connectivity index (χ1v) is 39.6. The van der Waals surface area contributed by atoms with Gasteiger partial charge in [-0.3, -0.25) is 4.79 Å². The Balaban J connectivity index is 1.41. The molecule has 3 aliphatic heterocycles. The zero-order chi connectivity index (χ0) is 73.2. The van der Waals surface area contributed by atoms with Crippen molar-refractivity contribution in [2.24, 2.45) is 0 Å². The van der Waals surface area contributed by atoms with Crippen LogP contribution in [-0.4, -0.2) is 193 Å². The zero-order valence-corrected chi connectivity index (χ0v) is 62.1. The van der Waals surface area contributed by atoms with E-state index in [2.05, 4.69) is 116 Å². The summed E-state index contributed by atoms with van der Waals surface area (Å²) in [4.78, 5) is 13.5. The first kappa shape index (κ1) is 91.7. The van der Waals surface area contributed by atoms with Gasteiger partial charge in [-0.1, -0.05) is 277 Å². The summed E-state index contributed by atoms with van der Waals surface area (Å²) in [6, 6.07) is -1.01. The summed E-state index contributed by atoms with van der Waals surface area (Å²) in [7, 11) is 0. The summed E-state index contributed by atoms with van der Waals surface area (Å²) in [5.74, 6) is -0.307. The third kappa shape index (κ3) is 41.8. The molecule has 0 aromatic carbocycles. The predicted octanol–water partition coefficient (Wildman–Crippen LogP) is 12.9. The van der Waals surface area contributed by atoms with Gasteiger partial charge < -0.3 is 89.9 Å². The molecule has 0 bridgehead atoms. The van der Waals surface area contributed by atoms with Crippen molar-refractivity contribution in [2.45, 2.75) is 375 Å². The molecule has 19 heteroatoms. The summed E-state index contributed by atoms with van der Waals surface area (Å²) < 4.78 is 34.4. The van der Waals surface area contributed by atoms with Crippen LogP contribution in [0, 0.1) is 0 Å². The lowest BCUT2D eigenvalue weighted by Gasteiger charge is -2.48. The maximum Gasteiger partial charge on any atom is 0.220 e. The van der Waals surface area contributed by atoms with Crippen molar-refractivity contribution >= 4 is 5.91 Å². The number of allylic oxidation sites excluding steroid dienone is 17. The molecule has 17 unspecified atom stereocenters. The van der Waals surface area contributed by atoms with Crippen LogP contribution < -0.4 is 5.32 Å². The van der Waals surface area contributed by atoms with Gasteiger partial charge in [0.1, 0.15) is 73.2 Å². The molecule has 101 heavy (non-hydrogen) atoms. The molecule has 0 radical (unpaired) electrons. The van der Waals surface area contributed by atoms with E-state index in [9.17, 15) is 61.0 Å². The van der Waals surface area contributed by atoms with E-state index in [4.69, 9.17) is 28.4 Å². The molecule has 3 heterocycles. The molecular formula is C82H141NO18. The number of amides is 1. The molecular weight excluding hydrogens is 1290 g/mol. The van der Waals surface area contributed by atoms with E-state index in [1.165, 1.54) is 135 Å². The number of rotatable bonds is 61. The van der Waals surface area contributed by atoms with Gasteiger partial charge >= 0.3 is 0 Å². The highest BCUT2D eigenvalue weighted by Gasteiger charge is 2.53. The van der Waals surface area contributed by atoms with Crippen molar-refractivity contribution in [2.75, 3.05) is 26.4 Å². The summed E-state index contributed by atoms with van der Waals surface area (Å²) in [5, 5.41) is 121. The third-order valence-corrected chi connectivity index (χ3v) is 19.0. The van der Waals surface area contributed by atoms with E-state index < -0.39 is 124 Å². The van der Waals surface area contributed by atoms with Crippen LogP contribution >= 0.6 is 0 Å². The lowest BCUT2D eigenvalue weighted by molar-refractivity contribution is -0.379. The maximum absolute atomic E-state index is 13.5. The monoisotopic (exact) mass is 1430 g/mol.